The van der Waals surface area contributed by atoms with Crippen LogP contribution in [0.15, 0.2) is 12.2 Å². The van der Waals surface area contributed by atoms with E-state index >= 15 is 0 Å². The van der Waals surface area contributed by atoms with Gasteiger partial charge in [0.2, 0.25) is 0 Å². The lowest BCUT2D eigenvalue weighted by Gasteiger charge is -2.63. The van der Waals surface area contributed by atoms with Crippen LogP contribution in [0.5, 0.6) is 0 Å². The lowest BCUT2D eigenvalue weighted by atomic mass is 9.42. The van der Waals surface area contributed by atoms with E-state index in [2.05, 4.69) is 60.8 Å². The van der Waals surface area contributed by atoms with Gasteiger partial charge in [-0.25, -0.2) is 0 Å². The van der Waals surface area contributed by atoms with Crippen LogP contribution in [0.2, 0.25) is 0 Å². The van der Waals surface area contributed by atoms with E-state index in [0.717, 1.165) is 60.3 Å². The van der Waals surface area contributed by atoms with Crippen molar-refractivity contribution >= 4 is 0 Å². The average Bonchev–Trinajstić information content (AvgIpc) is 3.17. The monoisotopic (exact) mass is 474 g/mol. The number of nitrogens with two attached hydrogens (primary N) is 2. The second-order valence-electron chi connectivity index (χ2n) is 13.6. The quantitative estimate of drug-likeness (QED) is 0.393. The van der Waals surface area contributed by atoms with Gasteiger partial charge in [-0.05, 0) is 143 Å². The van der Waals surface area contributed by atoms with E-state index in [0.29, 0.717) is 10.8 Å². The molecule has 0 amide bonds. The summed E-state index contributed by atoms with van der Waals surface area (Å²) >= 11 is 0. The molecule has 4 rings (SSSR count). The molecule has 2 heteroatoms. The molecular weight excluding hydrogens is 412 g/mol. The van der Waals surface area contributed by atoms with Crippen LogP contribution in [-0.4, -0.2) is 13.6 Å². The first kappa shape index (κ1) is 29.9. The number of fused-ring (bicyclic) bond motifs is 5. The Kier molecular flexibility index (Phi) is 11.2. The summed E-state index contributed by atoms with van der Waals surface area (Å²) in [5.41, 5.74) is 12.2. The molecule has 10 unspecified atom stereocenters. The van der Waals surface area contributed by atoms with Crippen molar-refractivity contribution in [2.45, 2.75) is 119 Å². The molecule has 200 valence electrons. The van der Waals surface area contributed by atoms with Crippen LogP contribution in [-0.2, 0) is 0 Å². The summed E-state index contributed by atoms with van der Waals surface area (Å²) in [6, 6.07) is 0. The highest BCUT2D eigenvalue weighted by molar-refractivity contribution is 5.10. The maximum absolute atomic E-state index is 5.03. The Morgan fingerprint density at radius 2 is 1.53 bits per heavy atom. The van der Waals surface area contributed by atoms with Crippen molar-refractivity contribution in [3.63, 3.8) is 0 Å². The second-order valence-corrected chi connectivity index (χ2v) is 13.6. The topological polar surface area (TPSA) is 52.0 Å². The molecule has 0 aromatic carbocycles. The molecular formula is C32H62N2. The predicted molar refractivity (Wildman–Crippen MR) is 152 cm³/mol. The number of rotatable bonds is 5. The molecule has 0 aromatic rings. The van der Waals surface area contributed by atoms with Gasteiger partial charge in [0.25, 0.3) is 0 Å². The van der Waals surface area contributed by atoms with Crippen LogP contribution in [0.4, 0.5) is 0 Å². The van der Waals surface area contributed by atoms with Crippen LogP contribution in [0.1, 0.15) is 119 Å². The highest BCUT2D eigenvalue weighted by Gasteiger charge is 2.61. The van der Waals surface area contributed by atoms with Gasteiger partial charge in [0.15, 0.2) is 0 Å². The molecule has 0 heterocycles. The minimum atomic E-state index is 0.626. The van der Waals surface area contributed by atoms with Crippen molar-refractivity contribution in [1.29, 1.82) is 0 Å². The predicted octanol–water partition coefficient (Wildman–Crippen LogP) is 8.45. The third-order valence-electron chi connectivity index (χ3n) is 11.4. The van der Waals surface area contributed by atoms with E-state index in [4.69, 9.17) is 5.73 Å². The number of allylic oxidation sites excluding steroid dienone is 1. The molecule has 0 aliphatic heterocycles. The Bertz CT molecular complexity index is 627. The molecule has 4 N–H and O–H groups in total. The minimum absolute atomic E-state index is 0.626. The summed E-state index contributed by atoms with van der Waals surface area (Å²) in [7, 11) is 1.50. The van der Waals surface area contributed by atoms with Crippen LogP contribution in [0.3, 0.4) is 0 Å². The fourth-order valence-electron chi connectivity index (χ4n) is 9.59. The van der Waals surface area contributed by atoms with E-state index < -0.39 is 0 Å². The molecule has 4 fully saturated rings. The molecule has 4 saturated carbocycles. The molecule has 34 heavy (non-hydrogen) atoms. The van der Waals surface area contributed by atoms with Gasteiger partial charge in [-0.15, -0.1) is 6.58 Å². The Morgan fingerprint density at radius 3 is 2.12 bits per heavy atom. The van der Waals surface area contributed by atoms with Crippen molar-refractivity contribution in [2.75, 3.05) is 13.6 Å². The highest BCUT2D eigenvalue weighted by Crippen LogP contribution is 2.69. The Balaban J connectivity index is 0.000000618. The summed E-state index contributed by atoms with van der Waals surface area (Å²) in [4.78, 5) is 0. The highest BCUT2D eigenvalue weighted by atomic mass is 14.7. The Morgan fingerprint density at radius 1 is 0.941 bits per heavy atom. The van der Waals surface area contributed by atoms with Crippen molar-refractivity contribution in [3.8, 4) is 0 Å². The van der Waals surface area contributed by atoms with Gasteiger partial charge in [0, 0.05) is 0 Å². The molecule has 4 aliphatic rings. The van der Waals surface area contributed by atoms with Gasteiger partial charge in [0.1, 0.15) is 0 Å². The lowest BCUT2D eigenvalue weighted by Crippen LogP contribution is -2.55. The van der Waals surface area contributed by atoms with E-state index in [9.17, 15) is 0 Å². The molecule has 0 radical (unpaired) electrons. The van der Waals surface area contributed by atoms with Crippen LogP contribution < -0.4 is 11.5 Å². The second kappa shape index (κ2) is 12.8. The summed E-state index contributed by atoms with van der Waals surface area (Å²) < 4.78 is 0. The average molecular weight is 475 g/mol. The summed E-state index contributed by atoms with van der Waals surface area (Å²) in [5, 5.41) is 0. The van der Waals surface area contributed by atoms with Crippen molar-refractivity contribution in [1.82, 2.24) is 0 Å². The lowest BCUT2D eigenvalue weighted by molar-refractivity contribution is -0.140. The zero-order chi connectivity index (χ0) is 25.7. The first-order chi connectivity index (χ1) is 16.1. The van der Waals surface area contributed by atoms with Crippen molar-refractivity contribution < 1.29 is 0 Å². The van der Waals surface area contributed by atoms with Gasteiger partial charge in [-0.2, -0.15) is 0 Å². The van der Waals surface area contributed by atoms with Gasteiger partial charge in [-0.1, -0.05) is 53.5 Å². The van der Waals surface area contributed by atoms with Crippen molar-refractivity contribution in [2.24, 2.45) is 69.6 Å². The maximum Gasteiger partial charge on any atom is -0.00799 e. The third kappa shape index (κ3) is 5.96. The van der Waals surface area contributed by atoms with E-state index in [1.165, 1.54) is 70.4 Å². The molecule has 10 atom stereocenters. The largest absolute Gasteiger partial charge is 0.333 e. The molecule has 4 aliphatic carbocycles. The number of hydrogen-bond donors (Lipinski definition) is 2. The van der Waals surface area contributed by atoms with Crippen LogP contribution in [0, 0.1) is 58.2 Å². The zero-order valence-electron chi connectivity index (χ0n) is 24.5. The van der Waals surface area contributed by atoms with Crippen molar-refractivity contribution in [3.05, 3.63) is 12.2 Å². The first-order valence-corrected chi connectivity index (χ1v) is 15.0. The summed E-state index contributed by atoms with van der Waals surface area (Å²) in [5.74, 6) is 7.85. The van der Waals surface area contributed by atoms with Crippen LogP contribution in [0.25, 0.3) is 0 Å². The van der Waals surface area contributed by atoms with Gasteiger partial charge < -0.3 is 11.5 Å². The summed E-state index contributed by atoms with van der Waals surface area (Å²) in [6.07, 6.45) is 15.9. The molecule has 2 nitrogen and oxygen atoms in total. The molecule has 0 saturated heterocycles. The maximum atomic E-state index is 5.03. The normalized spacial score (nSPS) is 43.6. The summed E-state index contributed by atoms with van der Waals surface area (Å²) in [6.45, 7) is 22.4. The standard InChI is InChI=1S/C28H48.C3H9N.CH5N/c1-18(2)8-9-20(4)23-10-11-24-22-17-21(5)26-16-19(3)12-14-28(26,7)25(22)13-15-27(23,24)6;1-2-3-4;1-2/h19-26H,1,8-17H2,2-7H3;2-4H2,1H3;2H2,1H3. The van der Waals surface area contributed by atoms with E-state index in [-0.39, 0.29) is 0 Å². The van der Waals surface area contributed by atoms with Gasteiger partial charge >= 0.3 is 0 Å². The first-order valence-electron chi connectivity index (χ1n) is 15.0. The van der Waals surface area contributed by atoms with Crippen LogP contribution >= 0.6 is 0 Å². The Labute approximate surface area is 214 Å². The fourth-order valence-corrected chi connectivity index (χ4v) is 9.59. The fraction of sp³-hybridized carbons (Fsp3) is 0.938. The third-order valence-corrected chi connectivity index (χ3v) is 11.4. The smallest absolute Gasteiger partial charge is 0.00799 e. The minimum Gasteiger partial charge on any atom is -0.333 e. The molecule has 0 aromatic heterocycles. The van der Waals surface area contributed by atoms with Gasteiger partial charge in [-0.3, -0.25) is 0 Å². The van der Waals surface area contributed by atoms with Gasteiger partial charge in [0.05, 0.1) is 0 Å². The zero-order valence-corrected chi connectivity index (χ0v) is 24.5. The van der Waals surface area contributed by atoms with E-state index in [1.807, 2.05) is 0 Å². The molecule has 0 bridgehead atoms. The Hall–Kier alpha value is -0.340. The number of hydrogen-bond acceptors (Lipinski definition) is 2. The SMILES string of the molecule is C=C(C)CCC(C)C1CCC2C3CC(C)C4CC(C)CCC4(C)C3CCC12C.CCCN.CN. The van der Waals surface area contributed by atoms with E-state index in [1.54, 1.807) is 6.42 Å². The molecule has 0 spiro atoms.